The number of imidazole rings is 1. The zero-order chi connectivity index (χ0) is 13.2. The number of nitrogens with zero attached hydrogens (tertiary/aromatic N) is 4. The van der Waals surface area contributed by atoms with E-state index in [1.165, 1.54) is 0 Å². The summed E-state index contributed by atoms with van der Waals surface area (Å²) in [6.45, 7) is 4.56. The summed E-state index contributed by atoms with van der Waals surface area (Å²) in [7, 11) is 0. The van der Waals surface area contributed by atoms with Crippen LogP contribution in [0.15, 0.2) is 28.8 Å². The van der Waals surface area contributed by atoms with E-state index >= 15 is 0 Å². The fourth-order valence-electron chi connectivity index (χ4n) is 2.26. The predicted molar refractivity (Wildman–Crippen MR) is 71.9 cm³/mol. The van der Waals surface area contributed by atoms with Gasteiger partial charge in [-0.15, -0.1) is 0 Å². The van der Waals surface area contributed by atoms with Crippen LogP contribution in [0.25, 0.3) is 11.0 Å². The van der Waals surface area contributed by atoms with Crippen LogP contribution in [-0.2, 0) is 13.0 Å². The Kier molecular flexibility index (Phi) is 3.03. The summed E-state index contributed by atoms with van der Waals surface area (Å²) in [5, 5.41) is 3.83. The highest BCUT2D eigenvalue weighted by Crippen LogP contribution is 2.18. The molecule has 5 heteroatoms. The van der Waals surface area contributed by atoms with Gasteiger partial charge in [0.1, 0.15) is 12.4 Å². The number of hydrogen-bond acceptors (Lipinski definition) is 4. The lowest BCUT2D eigenvalue weighted by Crippen LogP contribution is -2.05. The van der Waals surface area contributed by atoms with Crippen LogP contribution in [0.2, 0.25) is 0 Å². The molecule has 0 aliphatic rings. The molecule has 0 N–H and O–H groups in total. The largest absolute Gasteiger partial charge is 0.337 e. The molecular formula is C14H16N4O. The number of para-hydroxylation sites is 2. The smallest absolute Gasteiger partial charge is 0.246 e. The Balaban J connectivity index is 2.06. The van der Waals surface area contributed by atoms with Gasteiger partial charge in [0.2, 0.25) is 5.89 Å². The highest BCUT2D eigenvalue weighted by atomic mass is 16.5. The van der Waals surface area contributed by atoms with E-state index in [4.69, 9.17) is 4.52 Å². The Morgan fingerprint density at radius 3 is 2.79 bits per heavy atom. The third kappa shape index (κ3) is 2.23. The maximum Gasteiger partial charge on any atom is 0.246 e. The Hall–Kier alpha value is -2.17. The van der Waals surface area contributed by atoms with E-state index in [1.807, 2.05) is 25.1 Å². The Morgan fingerprint density at radius 1 is 1.21 bits per heavy atom. The standard InChI is InChI=1S/C14H16N4O/c1-3-6-13-16-11-7-4-5-8-12(11)18(13)9-14-15-10(2)17-19-14/h4-5,7-8H,3,6,9H2,1-2H3. The molecule has 1 aromatic carbocycles. The number of aromatic nitrogens is 4. The fraction of sp³-hybridized carbons (Fsp3) is 0.357. The molecule has 0 spiro atoms. The van der Waals surface area contributed by atoms with E-state index in [-0.39, 0.29) is 0 Å². The third-order valence-corrected chi connectivity index (χ3v) is 3.07. The van der Waals surface area contributed by atoms with Gasteiger partial charge in [0, 0.05) is 6.42 Å². The van der Waals surface area contributed by atoms with Crippen LogP contribution < -0.4 is 0 Å². The van der Waals surface area contributed by atoms with Gasteiger partial charge in [0.05, 0.1) is 11.0 Å². The van der Waals surface area contributed by atoms with Gasteiger partial charge >= 0.3 is 0 Å². The second-order valence-corrected chi connectivity index (χ2v) is 4.59. The first-order chi connectivity index (χ1) is 9.28. The minimum Gasteiger partial charge on any atom is -0.337 e. The minimum atomic E-state index is 0.580. The highest BCUT2D eigenvalue weighted by molar-refractivity contribution is 5.75. The van der Waals surface area contributed by atoms with Crippen molar-refractivity contribution in [1.29, 1.82) is 0 Å². The maximum atomic E-state index is 5.21. The van der Waals surface area contributed by atoms with Crippen molar-refractivity contribution in [3.05, 3.63) is 41.8 Å². The summed E-state index contributed by atoms with van der Waals surface area (Å²) < 4.78 is 7.37. The predicted octanol–water partition coefficient (Wildman–Crippen LogP) is 2.73. The molecule has 3 rings (SSSR count). The Morgan fingerprint density at radius 2 is 2.05 bits per heavy atom. The normalized spacial score (nSPS) is 11.3. The van der Waals surface area contributed by atoms with Gasteiger partial charge in [-0.2, -0.15) is 4.98 Å². The van der Waals surface area contributed by atoms with Gasteiger partial charge < -0.3 is 9.09 Å². The van der Waals surface area contributed by atoms with Crippen LogP contribution in [0.3, 0.4) is 0 Å². The molecule has 0 radical (unpaired) electrons. The molecule has 0 aliphatic heterocycles. The first kappa shape index (κ1) is 11.9. The second kappa shape index (κ2) is 4.84. The zero-order valence-electron chi connectivity index (χ0n) is 11.1. The zero-order valence-corrected chi connectivity index (χ0v) is 11.1. The van der Waals surface area contributed by atoms with Gasteiger partial charge in [-0.25, -0.2) is 4.98 Å². The summed E-state index contributed by atoms with van der Waals surface area (Å²) in [6.07, 6.45) is 2.01. The lowest BCUT2D eigenvalue weighted by molar-refractivity contribution is 0.367. The van der Waals surface area contributed by atoms with E-state index in [9.17, 15) is 0 Å². The molecule has 2 aromatic heterocycles. The molecule has 5 nitrogen and oxygen atoms in total. The van der Waals surface area contributed by atoms with Crippen molar-refractivity contribution < 1.29 is 4.52 Å². The van der Waals surface area contributed by atoms with Crippen LogP contribution in [0.5, 0.6) is 0 Å². The van der Waals surface area contributed by atoms with E-state index in [1.54, 1.807) is 0 Å². The molecule has 19 heavy (non-hydrogen) atoms. The van der Waals surface area contributed by atoms with Crippen LogP contribution in [0.4, 0.5) is 0 Å². The fourth-order valence-corrected chi connectivity index (χ4v) is 2.26. The highest BCUT2D eigenvalue weighted by Gasteiger charge is 2.12. The molecule has 0 unspecified atom stereocenters. The van der Waals surface area contributed by atoms with Gasteiger partial charge in [-0.3, -0.25) is 0 Å². The van der Waals surface area contributed by atoms with Crippen molar-refractivity contribution >= 4 is 11.0 Å². The van der Waals surface area contributed by atoms with Gasteiger partial charge in [0.25, 0.3) is 0 Å². The first-order valence-corrected chi connectivity index (χ1v) is 6.51. The quantitative estimate of drug-likeness (QED) is 0.720. The van der Waals surface area contributed by atoms with Crippen LogP contribution in [0.1, 0.15) is 30.9 Å². The molecule has 0 fully saturated rings. The van der Waals surface area contributed by atoms with Crippen molar-refractivity contribution in [3.8, 4) is 0 Å². The summed E-state index contributed by atoms with van der Waals surface area (Å²) in [4.78, 5) is 8.95. The van der Waals surface area contributed by atoms with Crippen LogP contribution >= 0.6 is 0 Å². The lowest BCUT2D eigenvalue weighted by Gasteiger charge is -2.05. The van der Waals surface area contributed by atoms with Crippen molar-refractivity contribution in [2.75, 3.05) is 0 Å². The summed E-state index contributed by atoms with van der Waals surface area (Å²) in [6, 6.07) is 8.14. The molecule has 2 heterocycles. The van der Waals surface area contributed by atoms with E-state index in [2.05, 4.69) is 32.7 Å². The minimum absolute atomic E-state index is 0.580. The SMILES string of the molecule is CCCc1nc2ccccc2n1Cc1nc(C)no1. The average molecular weight is 256 g/mol. The Labute approximate surface area is 111 Å². The number of fused-ring (bicyclic) bond motifs is 1. The summed E-state index contributed by atoms with van der Waals surface area (Å²) >= 11 is 0. The Bertz CT molecular complexity index is 698. The van der Waals surface area contributed by atoms with Crippen LogP contribution in [0, 0.1) is 6.92 Å². The van der Waals surface area contributed by atoms with Crippen molar-refractivity contribution in [1.82, 2.24) is 19.7 Å². The molecule has 98 valence electrons. The van der Waals surface area contributed by atoms with Gasteiger partial charge in [0.15, 0.2) is 5.82 Å². The van der Waals surface area contributed by atoms with Crippen LogP contribution in [-0.4, -0.2) is 19.7 Å². The van der Waals surface area contributed by atoms with Gasteiger partial charge in [-0.1, -0.05) is 24.2 Å². The lowest BCUT2D eigenvalue weighted by atomic mass is 10.3. The molecule has 3 aromatic rings. The molecule has 0 saturated heterocycles. The molecule has 0 aliphatic carbocycles. The third-order valence-electron chi connectivity index (χ3n) is 3.07. The molecule has 0 saturated carbocycles. The summed E-state index contributed by atoms with van der Waals surface area (Å²) in [5.41, 5.74) is 2.13. The number of rotatable bonds is 4. The van der Waals surface area contributed by atoms with Crippen molar-refractivity contribution in [3.63, 3.8) is 0 Å². The molecule has 0 bridgehead atoms. The number of aryl methyl sites for hydroxylation is 2. The maximum absolute atomic E-state index is 5.21. The first-order valence-electron chi connectivity index (χ1n) is 6.51. The van der Waals surface area contributed by atoms with Crippen molar-refractivity contribution in [2.45, 2.75) is 33.2 Å². The monoisotopic (exact) mass is 256 g/mol. The van der Waals surface area contributed by atoms with E-state index in [0.29, 0.717) is 18.3 Å². The van der Waals surface area contributed by atoms with Gasteiger partial charge in [-0.05, 0) is 25.5 Å². The molecule has 0 atom stereocenters. The summed E-state index contributed by atoms with van der Waals surface area (Å²) in [5.74, 6) is 2.36. The van der Waals surface area contributed by atoms with Crippen molar-refractivity contribution in [2.24, 2.45) is 0 Å². The molecular weight excluding hydrogens is 240 g/mol. The number of benzene rings is 1. The molecule has 0 amide bonds. The topological polar surface area (TPSA) is 56.7 Å². The van der Waals surface area contributed by atoms with E-state index < -0.39 is 0 Å². The van der Waals surface area contributed by atoms with E-state index in [0.717, 1.165) is 29.7 Å². The average Bonchev–Trinajstić information content (AvgIpc) is 2.96. The second-order valence-electron chi connectivity index (χ2n) is 4.59. The number of hydrogen-bond donors (Lipinski definition) is 0.